The Balaban J connectivity index is 2.58. The Bertz CT molecular complexity index is 601. The molecule has 1 unspecified atom stereocenters. The molecule has 2 rings (SSSR count). The van der Waals surface area contributed by atoms with Crippen LogP contribution in [0.2, 0.25) is 0 Å². The Morgan fingerprint density at radius 2 is 1.86 bits per heavy atom. The summed E-state index contributed by atoms with van der Waals surface area (Å²) in [5.74, 6) is -0.263. The SMILES string of the molecule is Cc1c2c(c(C)n1CCNC=O)C(C)(C(N)=O)CC2(C)C. The number of nitrogens with zero attached hydrogens (tertiary/aromatic N) is 1. The highest BCUT2D eigenvalue weighted by atomic mass is 16.1. The lowest BCUT2D eigenvalue weighted by molar-refractivity contribution is -0.123. The highest BCUT2D eigenvalue weighted by Gasteiger charge is 2.51. The summed E-state index contributed by atoms with van der Waals surface area (Å²) >= 11 is 0. The highest BCUT2D eigenvalue weighted by molar-refractivity contribution is 5.89. The molecule has 0 spiro atoms. The predicted octanol–water partition coefficient (Wildman–Crippen LogP) is 1.28. The molecule has 2 amide bonds. The molecule has 1 aromatic heterocycles. The van der Waals surface area contributed by atoms with Crippen molar-refractivity contribution < 1.29 is 9.59 Å². The van der Waals surface area contributed by atoms with E-state index in [-0.39, 0.29) is 11.3 Å². The van der Waals surface area contributed by atoms with E-state index in [0.717, 1.165) is 17.7 Å². The number of carbonyl (C=O) groups excluding carboxylic acids is 2. The monoisotopic (exact) mass is 291 g/mol. The first-order valence-electron chi connectivity index (χ1n) is 7.34. The molecule has 5 heteroatoms. The Hall–Kier alpha value is -1.78. The summed E-state index contributed by atoms with van der Waals surface area (Å²) in [6.45, 7) is 11.7. The van der Waals surface area contributed by atoms with Crippen molar-refractivity contribution in [3.63, 3.8) is 0 Å². The van der Waals surface area contributed by atoms with Gasteiger partial charge in [-0.2, -0.15) is 0 Å². The molecule has 5 nitrogen and oxygen atoms in total. The van der Waals surface area contributed by atoms with Gasteiger partial charge in [0.2, 0.25) is 12.3 Å². The van der Waals surface area contributed by atoms with Crippen molar-refractivity contribution in [2.24, 2.45) is 5.73 Å². The number of nitrogens with two attached hydrogens (primary N) is 1. The van der Waals surface area contributed by atoms with Crippen molar-refractivity contribution in [3.8, 4) is 0 Å². The highest BCUT2D eigenvalue weighted by Crippen LogP contribution is 2.52. The maximum atomic E-state index is 12.1. The number of hydrogen-bond acceptors (Lipinski definition) is 2. The lowest BCUT2D eigenvalue weighted by Gasteiger charge is -2.27. The van der Waals surface area contributed by atoms with Crippen LogP contribution in [-0.4, -0.2) is 23.4 Å². The van der Waals surface area contributed by atoms with Crippen molar-refractivity contribution in [1.82, 2.24) is 9.88 Å². The van der Waals surface area contributed by atoms with E-state index in [1.165, 1.54) is 11.3 Å². The number of amides is 2. The van der Waals surface area contributed by atoms with Crippen LogP contribution in [0, 0.1) is 13.8 Å². The van der Waals surface area contributed by atoms with Crippen LogP contribution >= 0.6 is 0 Å². The first kappa shape index (κ1) is 15.6. The molecule has 0 aliphatic heterocycles. The number of aromatic nitrogens is 1. The molecule has 1 atom stereocenters. The third-order valence-corrected chi connectivity index (χ3v) is 4.91. The van der Waals surface area contributed by atoms with Gasteiger partial charge < -0.3 is 15.6 Å². The molecule has 1 aliphatic rings. The minimum atomic E-state index is -0.614. The molecule has 3 N–H and O–H groups in total. The maximum Gasteiger partial charge on any atom is 0.227 e. The number of nitrogens with one attached hydrogen (secondary N) is 1. The summed E-state index contributed by atoms with van der Waals surface area (Å²) in [7, 11) is 0. The Morgan fingerprint density at radius 1 is 1.29 bits per heavy atom. The van der Waals surface area contributed by atoms with Gasteiger partial charge in [-0.3, -0.25) is 9.59 Å². The van der Waals surface area contributed by atoms with Gasteiger partial charge in [-0.25, -0.2) is 0 Å². The van der Waals surface area contributed by atoms with Gasteiger partial charge in [-0.05, 0) is 43.7 Å². The van der Waals surface area contributed by atoms with E-state index >= 15 is 0 Å². The quantitative estimate of drug-likeness (QED) is 0.633. The van der Waals surface area contributed by atoms with E-state index in [2.05, 4.69) is 30.7 Å². The van der Waals surface area contributed by atoms with E-state index < -0.39 is 5.41 Å². The van der Waals surface area contributed by atoms with Gasteiger partial charge in [0.15, 0.2) is 0 Å². The van der Waals surface area contributed by atoms with Gasteiger partial charge >= 0.3 is 0 Å². The summed E-state index contributed by atoms with van der Waals surface area (Å²) < 4.78 is 2.18. The zero-order valence-corrected chi connectivity index (χ0v) is 13.5. The minimum absolute atomic E-state index is 0.0721. The second-order valence-corrected chi connectivity index (χ2v) is 6.90. The summed E-state index contributed by atoms with van der Waals surface area (Å²) in [6, 6.07) is 0. The normalized spacial score (nSPS) is 22.9. The van der Waals surface area contributed by atoms with Crippen LogP contribution in [0.5, 0.6) is 0 Å². The fourth-order valence-electron chi connectivity index (χ4n) is 4.23. The number of fused-ring (bicyclic) bond motifs is 1. The average molecular weight is 291 g/mol. The van der Waals surface area contributed by atoms with E-state index in [4.69, 9.17) is 5.73 Å². The van der Waals surface area contributed by atoms with Crippen LogP contribution in [0.4, 0.5) is 0 Å². The maximum absolute atomic E-state index is 12.1. The van der Waals surface area contributed by atoms with Gasteiger partial charge in [0.25, 0.3) is 0 Å². The Labute approximate surface area is 125 Å². The minimum Gasteiger partial charge on any atom is -0.369 e. The van der Waals surface area contributed by atoms with Gasteiger partial charge in [0.05, 0.1) is 5.41 Å². The third kappa shape index (κ3) is 2.15. The zero-order valence-electron chi connectivity index (χ0n) is 13.5. The van der Waals surface area contributed by atoms with E-state index in [1.54, 1.807) is 0 Å². The fourth-order valence-corrected chi connectivity index (χ4v) is 4.23. The smallest absolute Gasteiger partial charge is 0.227 e. The topological polar surface area (TPSA) is 77.1 Å². The number of hydrogen-bond donors (Lipinski definition) is 2. The van der Waals surface area contributed by atoms with Crippen molar-refractivity contribution in [1.29, 1.82) is 0 Å². The summed E-state index contributed by atoms with van der Waals surface area (Å²) in [5.41, 5.74) is 9.61. The zero-order chi connectivity index (χ0) is 16.0. The molecule has 1 aliphatic carbocycles. The molecule has 0 fully saturated rings. The van der Waals surface area contributed by atoms with Crippen LogP contribution in [0.15, 0.2) is 0 Å². The molecule has 1 aromatic rings. The molecule has 0 radical (unpaired) electrons. The molecule has 0 bridgehead atoms. The molecule has 0 saturated heterocycles. The molecule has 116 valence electrons. The van der Waals surface area contributed by atoms with Gasteiger partial charge in [0.1, 0.15) is 0 Å². The van der Waals surface area contributed by atoms with E-state index in [9.17, 15) is 9.59 Å². The molecule has 0 saturated carbocycles. The van der Waals surface area contributed by atoms with Crippen molar-refractivity contribution >= 4 is 12.3 Å². The first-order valence-corrected chi connectivity index (χ1v) is 7.34. The van der Waals surface area contributed by atoms with E-state index in [1.807, 2.05) is 13.8 Å². The van der Waals surface area contributed by atoms with Crippen molar-refractivity contribution in [3.05, 3.63) is 22.5 Å². The molecule has 0 aromatic carbocycles. The first-order chi connectivity index (χ1) is 9.66. The van der Waals surface area contributed by atoms with Crippen LogP contribution in [0.1, 0.15) is 49.7 Å². The Kier molecular flexibility index (Phi) is 3.64. The standard InChI is InChI=1S/C16H25N3O2/c1-10-12-13(11(2)19(10)7-6-18-9-20)16(5,14(17)21)8-15(12,3)4/h9H,6-8H2,1-5H3,(H2,17,21)(H,18,20). The lowest BCUT2D eigenvalue weighted by Crippen LogP contribution is -2.38. The molecule has 21 heavy (non-hydrogen) atoms. The number of primary amides is 1. The summed E-state index contributed by atoms with van der Waals surface area (Å²) in [5, 5.41) is 2.69. The van der Waals surface area contributed by atoms with Crippen LogP contribution < -0.4 is 11.1 Å². The lowest BCUT2D eigenvalue weighted by atomic mass is 9.79. The van der Waals surface area contributed by atoms with Crippen LogP contribution in [0.3, 0.4) is 0 Å². The van der Waals surface area contributed by atoms with Crippen molar-refractivity contribution in [2.45, 2.75) is 58.4 Å². The fraction of sp³-hybridized carbons (Fsp3) is 0.625. The second kappa shape index (κ2) is 4.90. The van der Waals surface area contributed by atoms with Crippen molar-refractivity contribution in [2.75, 3.05) is 6.54 Å². The summed E-state index contributed by atoms with van der Waals surface area (Å²) in [4.78, 5) is 22.5. The largest absolute Gasteiger partial charge is 0.369 e. The van der Waals surface area contributed by atoms with E-state index in [0.29, 0.717) is 19.5 Å². The number of rotatable bonds is 5. The van der Waals surface area contributed by atoms with Gasteiger partial charge in [-0.1, -0.05) is 13.8 Å². The molecular weight excluding hydrogens is 266 g/mol. The van der Waals surface area contributed by atoms with Gasteiger partial charge in [-0.15, -0.1) is 0 Å². The summed E-state index contributed by atoms with van der Waals surface area (Å²) in [6.07, 6.45) is 1.45. The Morgan fingerprint density at radius 3 is 2.38 bits per heavy atom. The van der Waals surface area contributed by atoms with Crippen LogP contribution in [-0.2, 0) is 27.0 Å². The predicted molar refractivity (Wildman–Crippen MR) is 82.2 cm³/mol. The molecular formula is C16H25N3O2. The molecule has 1 heterocycles. The van der Waals surface area contributed by atoms with Gasteiger partial charge in [0, 0.05) is 24.5 Å². The third-order valence-electron chi connectivity index (χ3n) is 4.91. The second-order valence-electron chi connectivity index (χ2n) is 6.90. The average Bonchev–Trinajstić information content (AvgIpc) is 2.75. The number of carbonyl (C=O) groups is 2. The van der Waals surface area contributed by atoms with Crippen LogP contribution in [0.25, 0.3) is 0 Å².